The molecule has 1 amide bonds. The van der Waals surface area contributed by atoms with Gasteiger partial charge in [-0.15, -0.1) is 0 Å². The van der Waals surface area contributed by atoms with Gasteiger partial charge in [-0.3, -0.25) is 9.59 Å². The van der Waals surface area contributed by atoms with Crippen molar-refractivity contribution >= 4 is 11.7 Å². The smallest absolute Gasteiger partial charge is 0.223 e. The molecule has 0 radical (unpaired) electrons. The van der Waals surface area contributed by atoms with E-state index in [2.05, 4.69) is 6.07 Å². The maximum Gasteiger partial charge on any atom is 0.223 e. The number of nitrogens with zero attached hydrogens (tertiary/aromatic N) is 1. The van der Waals surface area contributed by atoms with Gasteiger partial charge in [-0.25, -0.2) is 0 Å². The standard InChI is InChI=1S/C23H27NO4/c1-28-21-7-5-20(6-8-21)22(26)9-10-23(27)24-12-11-18(15-24)13-17-3-2-4-19(14-17)16-25/h2-8,14,18,25H,9-13,15-16H2,1H3/t18-/m1/s1. The first-order valence-electron chi connectivity index (χ1n) is 9.72. The van der Waals surface area contributed by atoms with Gasteiger partial charge < -0.3 is 14.7 Å². The van der Waals surface area contributed by atoms with E-state index in [9.17, 15) is 14.7 Å². The van der Waals surface area contributed by atoms with Crippen molar-refractivity contribution in [3.8, 4) is 5.75 Å². The van der Waals surface area contributed by atoms with Crippen LogP contribution in [0.4, 0.5) is 0 Å². The molecule has 3 rings (SSSR count). The van der Waals surface area contributed by atoms with Gasteiger partial charge in [0.25, 0.3) is 0 Å². The lowest BCUT2D eigenvalue weighted by atomic mass is 9.97. The van der Waals surface area contributed by atoms with Crippen molar-refractivity contribution in [2.45, 2.75) is 32.3 Å². The van der Waals surface area contributed by atoms with Crippen LogP contribution in [0.15, 0.2) is 48.5 Å². The van der Waals surface area contributed by atoms with Crippen LogP contribution < -0.4 is 4.74 Å². The predicted octanol–water partition coefficient (Wildman–Crippen LogP) is 3.24. The maximum atomic E-state index is 12.5. The third-order valence-corrected chi connectivity index (χ3v) is 5.31. The van der Waals surface area contributed by atoms with Crippen LogP contribution in [0.2, 0.25) is 0 Å². The molecule has 0 unspecified atom stereocenters. The van der Waals surface area contributed by atoms with E-state index in [1.54, 1.807) is 31.4 Å². The number of Topliss-reactive ketones (excluding diaryl/α,β-unsaturated/α-hetero) is 1. The molecule has 0 aromatic heterocycles. The van der Waals surface area contributed by atoms with Crippen LogP contribution in [0.25, 0.3) is 0 Å². The van der Waals surface area contributed by atoms with Gasteiger partial charge in [0.05, 0.1) is 13.7 Å². The van der Waals surface area contributed by atoms with Crippen LogP contribution >= 0.6 is 0 Å². The number of hydrogen-bond acceptors (Lipinski definition) is 4. The fraction of sp³-hybridized carbons (Fsp3) is 0.391. The highest BCUT2D eigenvalue weighted by Gasteiger charge is 2.26. The second-order valence-corrected chi connectivity index (χ2v) is 7.33. The van der Waals surface area contributed by atoms with Crippen LogP contribution in [0, 0.1) is 5.92 Å². The summed E-state index contributed by atoms with van der Waals surface area (Å²) in [7, 11) is 1.59. The lowest BCUT2D eigenvalue weighted by Crippen LogP contribution is -2.29. The summed E-state index contributed by atoms with van der Waals surface area (Å²) in [4.78, 5) is 26.7. The first-order valence-corrected chi connectivity index (χ1v) is 9.72. The minimum atomic E-state index is -0.0208. The van der Waals surface area contributed by atoms with Crippen LogP contribution in [0.3, 0.4) is 0 Å². The first-order chi connectivity index (χ1) is 13.6. The summed E-state index contributed by atoms with van der Waals surface area (Å²) in [6, 6.07) is 14.9. The summed E-state index contributed by atoms with van der Waals surface area (Å²) in [5, 5.41) is 9.26. The van der Waals surface area contributed by atoms with E-state index in [1.807, 2.05) is 23.1 Å². The average Bonchev–Trinajstić information content (AvgIpc) is 3.20. The molecule has 1 aliphatic heterocycles. The minimum Gasteiger partial charge on any atom is -0.497 e. The molecule has 5 nitrogen and oxygen atoms in total. The minimum absolute atomic E-state index is 0.0208. The monoisotopic (exact) mass is 381 g/mol. The number of methoxy groups -OCH3 is 1. The summed E-state index contributed by atoms with van der Waals surface area (Å²) in [6.45, 7) is 1.53. The Bertz CT molecular complexity index is 816. The molecule has 5 heteroatoms. The fourth-order valence-corrected chi connectivity index (χ4v) is 3.71. The van der Waals surface area contributed by atoms with Crippen LogP contribution in [-0.4, -0.2) is 41.9 Å². The third-order valence-electron chi connectivity index (χ3n) is 5.31. The summed E-state index contributed by atoms with van der Waals surface area (Å²) < 4.78 is 5.10. The molecule has 148 valence electrons. The summed E-state index contributed by atoms with van der Waals surface area (Å²) in [6.07, 6.45) is 2.35. The van der Waals surface area contributed by atoms with Crippen LogP contribution in [0.5, 0.6) is 5.75 Å². The highest BCUT2D eigenvalue weighted by molar-refractivity contribution is 5.98. The number of ether oxygens (including phenoxy) is 1. The normalized spacial score (nSPS) is 16.2. The molecule has 1 N–H and O–H groups in total. The van der Waals surface area contributed by atoms with Crippen molar-refractivity contribution in [1.82, 2.24) is 4.90 Å². The Hall–Kier alpha value is -2.66. The Balaban J connectivity index is 1.46. The largest absolute Gasteiger partial charge is 0.497 e. The third kappa shape index (κ3) is 5.20. The number of rotatable bonds is 8. The number of carbonyl (C=O) groups excluding carboxylic acids is 2. The van der Waals surface area contributed by atoms with Crippen molar-refractivity contribution in [2.24, 2.45) is 5.92 Å². The molecule has 0 spiro atoms. The van der Waals surface area contributed by atoms with Crippen molar-refractivity contribution in [1.29, 1.82) is 0 Å². The predicted molar refractivity (Wildman–Crippen MR) is 107 cm³/mol. The quantitative estimate of drug-likeness (QED) is 0.713. The van der Waals surface area contributed by atoms with Gasteiger partial charge in [-0.1, -0.05) is 24.3 Å². The van der Waals surface area contributed by atoms with E-state index >= 15 is 0 Å². The van der Waals surface area contributed by atoms with Gasteiger partial charge in [0.2, 0.25) is 5.91 Å². The summed E-state index contributed by atoms with van der Waals surface area (Å²) in [5.41, 5.74) is 2.72. The lowest BCUT2D eigenvalue weighted by molar-refractivity contribution is -0.130. The molecule has 1 fully saturated rings. The Kier molecular flexibility index (Phi) is 6.82. The highest BCUT2D eigenvalue weighted by atomic mass is 16.5. The zero-order chi connectivity index (χ0) is 19.9. The van der Waals surface area contributed by atoms with Gasteiger partial charge in [0, 0.05) is 31.5 Å². The highest BCUT2D eigenvalue weighted by Crippen LogP contribution is 2.22. The Morgan fingerprint density at radius 2 is 1.86 bits per heavy atom. The summed E-state index contributed by atoms with van der Waals surface area (Å²) in [5.74, 6) is 1.16. The molecule has 0 aliphatic carbocycles. The van der Waals surface area contributed by atoms with Gasteiger partial charge in [-0.2, -0.15) is 0 Å². The van der Waals surface area contributed by atoms with Gasteiger partial charge >= 0.3 is 0 Å². The van der Waals surface area contributed by atoms with Gasteiger partial charge in [0.15, 0.2) is 5.78 Å². The number of ketones is 1. The zero-order valence-electron chi connectivity index (χ0n) is 16.3. The fourth-order valence-electron chi connectivity index (χ4n) is 3.71. The number of likely N-dealkylation sites (tertiary alicyclic amines) is 1. The van der Waals surface area contributed by atoms with Crippen molar-refractivity contribution < 1.29 is 19.4 Å². The van der Waals surface area contributed by atoms with Crippen molar-refractivity contribution in [3.05, 3.63) is 65.2 Å². The summed E-state index contributed by atoms with van der Waals surface area (Å²) >= 11 is 0. The zero-order valence-corrected chi connectivity index (χ0v) is 16.3. The van der Waals surface area contributed by atoms with Crippen molar-refractivity contribution in [2.75, 3.05) is 20.2 Å². The molecule has 1 aliphatic rings. The molecular formula is C23H27NO4. The topological polar surface area (TPSA) is 66.8 Å². The lowest BCUT2D eigenvalue weighted by Gasteiger charge is -2.16. The van der Waals surface area contributed by atoms with E-state index in [-0.39, 0.29) is 31.1 Å². The number of hydrogen-bond donors (Lipinski definition) is 1. The molecule has 0 saturated carbocycles. The van der Waals surface area contributed by atoms with Gasteiger partial charge in [0.1, 0.15) is 5.75 Å². The second kappa shape index (κ2) is 9.51. The molecule has 0 bridgehead atoms. The number of aliphatic hydroxyl groups excluding tert-OH is 1. The van der Waals surface area contributed by atoms with Crippen molar-refractivity contribution in [3.63, 3.8) is 0 Å². The van der Waals surface area contributed by atoms with E-state index < -0.39 is 0 Å². The molecule has 2 aromatic rings. The van der Waals surface area contributed by atoms with Crippen LogP contribution in [0.1, 0.15) is 40.7 Å². The molecule has 28 heavy (non-hydrogen) atoms. The SMILES string of the molecule is COc1ccc(C(=O)CCC(=O)N2CC[C@H](Cc3cccc(CO)c3)C2)cc1. The maximum absolute atomic E-state index is 12.5. The second-order valence-electron chi connectivity index (χ2n) is 7.33. The molecule has 1 atom stereocenters. The first kappa shape index (κ1) is 20.1. The number of aliphatic hydroxyl groups is 1. The van der Waals surface area contributed by atoms with E-state index in [0.717, 1.165) is 31.5 Å². The van der Waals surface area contributed by atoms with E-state index in [4.69, 9.17) is 4.74 Å². The Morgan fingerprint density at radius 1 is 1.11 bits per heavy atom. The van der Waals surface area contributed by atoms with Crippen LogP contribution in [-0.2, 0) is 17.8 Å². The molecular weight excluding hydrogens is 354 g/mol. The van der Waals surface area contributed by atoms with E-state index in [1.165, 1.54) is 5.56 Å². The number of carbonyl (C=O) groups is 2. The number of amides is 1. The average molecular weight is 381 g/mol. The van der Waals surface area contributed by atoms with E-state index in [0.29, 0.717) is 17.2 Å². The Labute approximate surface area is 165 Å². The number of benzene rings is 2. The molecule has 2 aromatic carbocycles. The molecule has 1 heterocycles. The van der Waals surface area contributed by atoms with Gasteiger partial charge in [-0.05, 0) is 54.2 Å². The Morgan fingerprint density at radius 3 is 2.57 bits per heavy atom. The molecule has 1 saturated heterocycles.